The molecular weight excluding hydrogens is 180 g/mol. The monoisotopic (exact) mass is 192 g/mol. The molecule has 1 fully saturated rings. The van der Waals surface area contributed by atoms with Crippen LogP contribution in [0.25, 0.3) is 6.08 Å². The van der Waals surface area contributed by atoms with Crippen molar-refractivity contribution in [3.05, 3.63) is 42.0 Å². The highest BCUT2D eigenvalue weighted by atomic mass is 35.5. The molecule has 13 heavy (non-hydrogen) atoms. The maximum Gasteiger partial charge on any atom is 0.0547 e. The first kappa shape index (κ1) is 8.83. The Balaban J connectivity index is 1.96. The quantitative estimate of drug-likeness (QED) is 0.641. The summed E-state index contributed by atoms with van der Waals surface area (Å²) in [5, 5.41) is 0.236. The molecule has 0 nitrogen and oxygen atoms in total. The molecule has 68 valence electrons. The lowest BCUT2D eigenvalue weighted by Gasteiger charge is -1.98. The summed E-state index contributed by atoms with van der Waals surface area (Å²) in [7, 11) is 0. The number of benzene rings is 1. The number of rotatable bonds is 3. The second kappa shape index (κ2) is 3.97. The first-order chi connectivity index (χ1) is 6.36. The fraction of sp³-hybridized carbons (Fsp3) is 0.333. The third kappa shape index (κ3) is 2.60. The Hall–Kier alpha value is -0.750. The van der Waals surface area contributed by atoms with Crippen LogP contribution in [0.5, 0.6) is 0 Å². The fourth-order valence-electron chi connectivity index (χ4n) is 1.34. The van der Waals surface area contributed by atoms with Gasteiger partial charge < -0.3 is 0 Å². The SMILES string of the molecule is ClC(C=Cc1ccccc1)C1CC1. The van der Waals surface area contributed by atoms with Gasteiger partial charge in [-0.2, -0.15) is 0 Å². The van der Waals surface area contributed by atoms with Crippen LogP contribution in [0, 0.1) is 5.92 Å². The molecule has 1 saturated carbocycles. The molecule has 0 radical (unpaired) electrons. The molecule has 0 saturated heterocycles. The summed E-state index contributed by atoms with van der Waals surface area (Å²) in [5.41, 5.74) is 1.23. The topological polar surface area (TPSA) is 0 Å². The molecule has 0 heterocycles. The average Bonchev–Trinajstić information content (AvgIpc) is 2.99. The van der Waals surface area contributed by atoms with Crippen molar-refractivity contribution in [1.29, 1.82) is 0 Å². The molecule has 1 heteroatoms. The first-order valence-electron chi connectivity index (χ1n) is 4.73. The fourth-order valence-corrected chi connectivity index (χ4v) is 1.66. The summed E-state index contributed by atoms with van der Waals surface area (Å²) >= 11 is 6.14. The molecule has 0 bridgehead atoms. The van der Waals surface area contributed by atoms with E-state index >= 15 is 0 Å². The van der Waals surface area contributed by atoms with Crippen molar-refractivity contribution in [2.45, 2.75) is 18.2 Å². The van der Waals surface area contributed by atoms with E-state index in [2.05, 4.69) is 24.3 Å². The molecule has 1 aliphatic rings. The highest BCUT2D eigenvalue weighted by Gasteiger charge is 2.27. The van der Waals surface area contributed by atoms with E-state index in [1.165, 1.54) is 18.4 Å². The third-order valence-electron chi connectivity index (χ3n) is 2.34. The van der Waals surface area contributed by atoms with Crippen molar-refractivity contribution in [3.63, 3.8) is 0 Å². The van der Waals surface area contributed by atoms with E-state index in [9.17, 15) is 0 Å². The number of hydrogen-bond donors (Lipinski definition) is 0. The average molecular weight is 193 g/mol. The predicted octanol–water partition coefficient (Wildman–Crippen LogP) is 3.72. The number of allylic oxidation sites excluding steroid dienone is 1. The molecule has 0 aromatic heterocycles. The van der Waals surface area contributed by atoms with Gasteiger partial charge >= 0.3 is 0 Å². The maximum absolute atomic E-state index is 6.14. The molecule has 0 aliphatic heterocycles. The van der Waals surface area contributed by atoms with E-state index in [4.69, 9.17) is 11.6 Å². The van der Waals surface area contributed by atoms with Crippen LogP contribution in [0.1, 0.15) is 18.4 Å². The number of hydrogen-bond acceptors (Lipinski definition) is 0. The highest BCUT2D eigenvalue weighted by Crippen LogP contribution is 2.36. The molecule has 1 aliphatic carbocycles. The summed E-state index contributed by atoms with van der Waals surface area (Å²) < 4.78 is 0. The Labute approximate surface area is 84.2 Å². The van der Waals surface area contributed by atoms with Gasteiger partial charge in [0.2, 0.25) is 0 Å². The Morgan fingerprint density at radius 2 is 1.92 bits per heavy atom. The van der Waals surface area contributed by atoms with Crippen molar-refractivity contribution < 1.29 is 0 Å². The number of alkyl halides is 1. The lowest BCUT2D eigenvalue weighted by atomic mass is 10.2. The number of halogens is 1. The lowest BCUT2D eigenvalue weighted by Crippen LogP contribution is -1.94. The van der Waals surface area contributed by atoms with Crippen molar-refractivity contribution >= 4 is 17.7 Å². The van der Waals surface area contributed by atoms with Crippen LogP contribution in [-0.2, 0) is 0 Å². The second-order valence-corrected chi connectivity index (χ2v) is 4.06. The van der Waals surface area contributed by atoms with E-state index < -0.39 is 0 Å². The van der Waals surface area contributed by atoms with E-state index in [0.717, 1.165) is 5.92 Å². The van der Waals surface area contributed by atoms with Crippen LogP contribution in [0.15, 0.2) is 36.4 Å². The van der Waals surface area contributed by atoms with Gasteiger partial charge in [0.1, 0.15) is 0 Å². The van der Waals surface area contributed by atoms with Crippen LogP contribution in [0.2, 0.25) is 0 Å². The van der Waals surface area contributed by atoms with Gasteiger partial charge in [0.15, 0.2) is 0 Å². The van der Waals surface area contributed by atoms with Crippen LogP contribution >= 0.6 is 11.6 Å². The Kier molecular flexibility index (Phi) is 2.70. The second-order valence-electron chi connectivity index (χ2n) is 3.55. The molecule has 0 spiro atoms. The van der Waals surface area contributed by atoms with Gasteiger partial charge in [0, 0.05) is 0 Å². The molecule has 1 aromatic rings. The standard InChI is InChI=1S/C12H13Cl/c13-12(11-7-8-11)9-6-10-4-2-1-3-5-10/h1-6,9,11-12H,7-8H2. The summed E-state index contributed by atoms with van der Waals surface area (Å²) in [4.78, 5) is 0. The predicted molar refractivity (Wildman–Crippen MR) is 57.8 cm³/mol. The van der Waals surface area contributed by atoms with Gasteiger partial charge in [0.05, 0.1) is 5.38 Å². The van der Waals surface area contributed by atoms with Gasteiger partial charge in [-0.25, -0.2) is 0 Å². The van der Waals surface area contributed by atoms with Crippen LogP contribution in [-0.4, -0.2) is 5.38 Å². The minimum absolute atomic E-state index is 0.236. The Morgan fingerprint density at radius 3 is 2.54 bits per heavy atom. The van der Waals surface area contributed by atoms with Gasteiger partial charge in [-0.05, 0) is 24.3 Å². The van der Waals surface area contributed by atoms with E-state index in [0.29, 0.717) is 0 Å². The van der Waals surface area contributed by atoms with Gasteiger partial charge in [0.25, 0.3) is 0 Å². The molecule has 2 rings (SSSR count). The third-order valence-corrected chi connectivity index (χ3v) is 2.85. The molecule has 0 N–H and O–H groups in total. The molecule has 1 atom stereocenters. The Morgan fingerprint density at radius 1 is 1.23 bits per heavy atom. The van der Waals surface area contributed by atoms with Gasteiger partial charge in [-0.3, -0.25) is 0 Å². The van der Waals surface area contributed by atoms with Crippen LogP contribution in [0.3, 0.4) is 0 Å². The smallest absolute Gasteiger partial charge is 0.0547 e. The van der Waals surface area contributed by atoms with E-state index in [1.807, 2.05) is 18.2 Å². The summed E-state index contributed by atoms with van der Waals surface area (Å²) in [6.07, 6.45) is 6.81. The van der Waals surface area contributed by atoms with Crippen molar-refractivity contribution in [1.82, 2.24) is 0 Å². The normalized spacial score (nSPS) is 19.2. The Bertz CT molecular complexity index is 285. The van der Waals surface area contributed by atoms with Crippen molar-refractivity contribution in [2.75, 3.05) is 0 Å². The van der Waals surface area contributed by atoms with E-state index in [-0.39, 0.29) is 5.38 Å². The lowest BCUT2D eigenvalue weighted by molar-refractivity contribution is 0.874. The van der Waals surface area contributed by atoms with Crippen LogP contribution in [0.4, 0.5) is 0 Å². The van der Waals surface area contributed by atoms with E-state index in [1.54, 1.807) is 0 Å². The molecule has 1 unspecified atom stereocenters. The van der Waals surface area contributed by atoms with Gasteiger partial charge in [-0.15, -0.1) is 11.6 Å². The highest BCUT2D eigenvalue weighted by molar-refractivity contribution is 6.22. The maximum atomic E-state index is 6.14. The zero-order chi connectivity index (χ0) is 9.10. The largest absolute Gasteiger partial charge is 0.118 e. The minimum atomic E-state index is 0.236. The van der Waals surface area contributed by atoms with Crippen LogP contribution < -0.4 is 0 Å². The summed E-state index contributed by atoms with van der Waals surface area (Å²) in [6, 6.07) is 10.3. The molecular formula is C12H13Cl. The molecule has 0 amide bonds. The van der Waals surface area contributed by atoms with Gasteiger partial charge in [-0.1, -0.05) is 42.5 Å². The van der Waals surface area contributed by atoms with Crippen molar-refractivity contribution in [3.8, 4) is 0 Å². The zero-order valence-corrected chi connectivity index (χ0v) is 8.24. The van der Waals surface area contributed by atoms with Crippen molar-refractivity contribution in [2.24, 2.45) is 5.92 Å². The minimum Gasteiger partial charge on any atom is -0.118 e. The molecule has 1 aromatic carbocycles. The zero-order valence-electron chi connectivity index (χ0n) is 7.49. The summed E-state index contributed by atoms with van der Waals surface area (Å²) in [5.74, 6) is 0.738. The first-order valence-corrected chi connectivity index (χ1v) is 5.17. The summed E-state index contributed by atoms with van der Waals surface area (Å²) in [6.45, 7) is 0.